The van der Waals surface area contributed by atoms with E-state index in [0.717, 1.165) is 0 Å². The lowest BCUT2D eigenvalue weighted by Crippen LogP contribution is -2.42. The Morgan fingerprint density at radius 3 is 1.55 bits per heavy atom. The Labute approximate surface area is 129 Å². The van der Waals surface area contributed by atoms with Crippen LogP contribution in [-0.2, 0) is 19.1 Å². The summed E-state index contributed by atoms with van der Waals surface area (Å²) in [5, 5.41) is 0. The quantitative estimate of drug-likeness (QED) is 0.404. The number of esters is 2. The van der Waals surface area contributed by atoms with Crippen molar-refractivity contribution in [2.45, 2.75) is 0 Å². The van der Waals surface area contributed by atoms with Gasteiger partial charge < -0.3 is 9.47 Å². The zero-order valence-corrected chi connectivity index (χ0v) is 13.5. The molecule has 0 aliphatic heterocycles. The molecular weight excluding hydrogens is 307 g/mol. The van der Waals surface area contributed by atoms with Crippen LogP contribution in [0.4, 0.5) is 0 Å². The zero-order valence-electron chi connectivity index (χ0n) is 11.9. The van der Waals surface area contributed by atoms with Gasteiger partial charge in [-0.25, -0.2) is 0 Å². The predicted molar refractivity (Wildman–Crippen MR) is 78.4 cm³/mol. The summed E-state index contributed by atoms with van der Waals surface area (Å²) >= 11 is 11.4. The Kier molecular flexibility index (Phi) is 11.9. The second kappa shape index (κ2) is 12.2. The van der Waals surface area contributed by atoms with Gasteiger partial charge in [-0.15, -0.1) is 23.2 Å². The fourth-order valence-corrected chi connectivity index (χ4v) is 2.04. The number of alkyl halides is 2. The summed E-state index contributed by atoms with van der Waals surface area (Å²) in [6.45, 7) is 2.69. The maximum Gasteiger partial charge on any atom is 0.319 e. The van der Waals surface area contributed by atoms with Crippen molar-refractivity contribution in [2.75, 3.05) is 65.2 Å². The third-order valence-corrected chi connectivity index (χ3v) is 3.03. The van der Waals surface area contributed by atoms with Gasteiger partial charge in [0.05, 0.1) is 27.3 Å². The molecule has 0 N–H and O–H groups in total. The standard InChI is InChI=1S/C12H22Cl2N2O4/c1-19-11(17)9-16(10-12(18)20-2)8-7-15(5-3-13)6-4-14/h3-10H2,1-2H3. The number of rotatable bonds is 11. The first-order valence-corrected chi connectivity index (χ1v) is 7.34. The molecule has 6 nitrogen and oxygen atoms in total. The molecule has 0 amide bonds. The number of halogens is 2. The number of carbonyl (C=O) groups is 2. The van der Waals surface area contributed by atoms with Crippen LogP contribution in [0, 0.1) is 0 Å². The topological polar surface area (TPSA) is 59.1 Å². The minimum Gasteiger partial charge on any atom is -0.468 e. The molecule has 0 aliphatic carbocycles. The predicted octanol–water partition coefficient (Wildman–Crippen LogP) is 0.414. The highest BCUT2D eigenvalue weighted by atomic mass is 35.5. The van der Waals surface area contributed by atoms with E-state index >= 15 is 0 Å². The fraction of sp³-hybridized carbons (Fsp3) is 0.833. The molecule has 0 atom stereocenters. The maximum absolute atomic E-state index is 11.3. The third-order valence-electron chi connectivity index (χ3n) is 2.69. The minimum absolute atomic E-state index is 0.0428. The van der Waals surface area contributed by atoms with Crippen LogP contribution >= 0.6 is 23.2 Å². The summed E-state index contributed by atoms with van der Waals surface area (Å²) < 4.78 is 9.22. The number of hydrogen-bond acceptors (Lipinski definition) is 6. The molecule has 0 aliphatic rings. The molecule has 0 heterocycles. The molecule has 0 aromatic carbocycles. The number of hydrogen-bond donors (Lipinski definition) is 0. The Bertz CT molecular complexity index is 269. The van der Waals surface area contributed by atoms with Gasteiger partial charge >= 0.3 is 11.9 Å². The molecule has 0 aromatic heterocycles. The zero-order chi connectivity index (χ0) is 15.4. The van der Waals surface area contributed by atoms with Gasteiger partial charge in [0.1, 0.15) is 0 Å². The van der Waals surface area contributed by atoms with Crippen molar-refractivity contribution in [3.63, 3.8) is 0 Å². The molecule has 0 rings (SSSR count). The molecule has 0 bridgehead atoms. The van der Waals surface area contributed by atoms with Gasteiger partial charge in [-0.3, -0.25) is 19.4 Å². The Morgan fingerprint density at radius 1 is 0.800 bits per heavy atom. The number of carbonyl (C=O) groups excluding carboxylic acids is 2. The van der Waals surface area contributed by atoms with E-state index in [0.29, 0.717) is 37.9 Å². The van der Waals surface area contributed by atoms with E-state index in [9.17, 15) is 9.59 Å². The second-order valence-electron chi connectivity index (χ2n) is 4.08. The normalized spacial score (nSPS) is 10.9. The lowest BCUT2D eigenvalue weighted by molar-refractivity contribution is -0.145. The van der Waals surface area contributed by atoms with Crippen molar-refractivity contribution in [3.05, 3.63) is 0 Å². The SMILES string of the molecule is COC(=O)CN(CCN(CCCl)CCCl)CC(=O)OC. The monoisotopic (exact) mass is 328 g/mol. The Hall–Kier alpha value is -0.560. The molecule has 0 saturated carbocycles. The smallest absolute Gasteiger partial charge is 0.319 e. The van der Waals surface area contributed by atoms with Crippen molar-refractivity contribution < 1.29 is 19.1 Å². The second-order valence-corrected chi connectivity index (χ2v) is 4.84. The fourth-order valence-electron chi connectivity index (χ4n) is 1.57. The highest BCUT2D eigenvalue weighted by Gasteiger charge is 2.16. The van der Waals surface area contributed by atoms with Gasteiger partial charge in [-0.2, -0.15) is 0 Å². The molecule has 0 saturated heterocycles. The van der Waals surface area contributed by atoms with Crippen LogP contribution in [0.2, 0.25) is 0 Å². The van der Waals surface area contributed by atoms with Crippen LogP contribution in [0.25, 0.3) is 0 Å². The van der Waals surface area contributed by atoms with E-state index in [1.807, 2.05) is 0 Å². The van der Waals surface area contributed by atoms with Crippen molar-refractivity contribution in [2.24, 2.45) is 0 Å². The summed E-state index contributed by atoms with van der Waals surface area (Å²) in [5.74, 6) is 0.223. The molecule has 8 heteroatoms. The molecule has 118 valence electrons. The van der Waals surface area contributed by atoms with Crippen LogP contribution in [0.5, 0.6) is 0 Å². The van der Waals surface area contributed by atoms with Crippen LogP contribution in [0.1, 0.15) is 0 Å². The first-order valence-electron chi connectivity index (χ1n) is 6.27. The van der Waals surface area contributed by atoms with E-state index in [4.69, 9.17) is 23.2 Å². The first-order chi connectivity index (χ1) is 9.57. The van der Waals surface area contributed by atoms with Gasteiger partial charge in [-0.05, 0) is 0 Å². The third kappa shape index (κ3) is 9.36. The minimum atomic E-state index is -0.393. The Balaban J connectivity index is 4.37. The summed E-state index contributed by atoms with van der Waals surface area (Å²) in [5.41, 5.74) is 0. The molecule has 20 heavy (non-hydrogen) atoms. The van der Waals surface area contributed by atoms with Gasteiger partial charge in [0.2, 0.25) is 0 Å². The Morgan fingerprint density at radius 2 is 1.20 bits per heavy atom. The first kappa shape index (κ1) is 19.4. The molecule has 0 spiro atoms. The largest absolute Gasteiger partial charge is 0.468 e. The molecule has 0 unspecified atom stereocenters. The summed E-state index contributed by atoms with van der Waals surface area (Å²) in [7, 11) is 2.62. The lowest BCUT2D eigenvalue weighted by Gasteiger charge is -2.25. The van der Waals surface area contributed by atoms with Crippen molar-refractivity contribution in [1.82, 2.24) is 9.80 Å². The highest BCUT2D eigenvalue weighted by molar-refractivity contribution is 6.18. The molecular formula is C12H22Cl2N2O4. The van der Waals surface area contributed by atoms with Gasteiger partial charge in [0.15, 0.2) is 0 Å². The van der Waals surface area contributed by atoms with Crippen LogP contribution < -0.4 is 0 Å². The number of ether oxygens (including phenoxy) is 2. The van der Waals surface area contributed by atoms with Crippen LogP contribution in [-0.4, -0.2) is 87.0 Å². The molecule has 0 fully saturated rings. The van der Waals surface area contributed by atoms with E-state index < -0.39 is 11.9 Å². The summed E-state index contributed by atoms with van der Waals surface area (Å²) in [6, 6.07) is 0. The van der Waals surface area contributed by atoms with E-state index in [2.05, 4.69) is 14.4 Å². The van der Waals surface area contributed by atoms with Crippen molar-refractivity contribution in [3.8, 4) is 0 Å². The lowest BCUT2D eigenvalue weighted by atomic mass is 10.4. The van der Waals surface area contributed by atoms with E-state index in [1.54, 1.807) is 4.90 Å². The van der Waals surface area contributed by atoms with Gasteiger partial charge in [0, 0.05) is 37.9 Å². The maximum atomic E-state index is 11.3. The van der Waals surface area contributed by atoms with Crippen LogP contribution in [0.15, 0.2) is 0 Å². The van der Waals surface area contributed by atoms with Crippen molar-refractivity contribution >= 4 is 35.1 Å². The average Bonchev–Trinajstić information content (AvgIpc) is 2.44. The van der Waals surface area contributed by atoms with Crippen LogP contribution in [0.3, 0.4) is 0 Å². The van der Waals surface area contributed by atoms with E-state index in [-0.39, 0.29) is 13.1 Å². The summed E-state index contributed by atoms with van der Waals surface area (Å²) in [4.78, 5) is 26.4. The number of methoxy groups -OCH3 is 2. The number of nitrogens with zero attached hydrogens (tertiary/aromatic N) is 2. The van der Waals surface area contributed by atoms with Gasteiger partial charge in [0.25, 0.3) is 0 Å². The highest BCUT2D eigenvalue weighted by Crippen LogP contribution is 1.97. The van der Waals surface area contributed by atoms with Gasteiger partial charge in [-0.1, -0.05) is 0 Å². The van der Waals surface area contributed by atoms with E-state index in [1.165, 1.54) is 14.2 Å². The summed E-state index contributed by atoms with van der Waals surface area (Å²) in [6.07, 6.45) is 0. The molecule has 0 aromatic rings. The van der Waals surface area contributed by atoms with Crippen molar-refractivity contribution in [1.29, 1.82) is 0 Å². The molecule has 0 radical (unpaired) electrons. The average molecular weight is 329 g/mol.